The normalized spacial score (nSPS) is 16.8. The van der Waals surface area contributed by atoms with Gasteiger partial charge in [0.25, 0.3) is 0 Å². The molecule has 1 aliphatic heterocycles. The minimum absolute atomic E-state index is 0.105. The first kappa shape index (κ1) is 20.2. The van der Waals surface area contributed by atoms with Gasteiger partial charge in [-0.15, -0.1) is 0 Å². The molecule has 0 bridgehead atoms. The number of rotatable bonds is 5. The summed E-state index contributed by atoms with van der Waals surface area (Å²) in [4.78, 5) is 26.5. The molecular formula is C24H25NO5. The number of aryl methyl sites for hydroxylation is 1. The Labute approximate surface area is 174 Å². The highest BCUT2D eigenvalue weighted by Gasteiger charge is 2.26. The number of carbonyl (C=O) groups excluding carboxylic acids is 1. The van der Waals surface area contributed by atoms with E-state index >= 15 is 0 Å². The molecule has 0 saturated carbocycles. The van der Waals surface area contributed by atoms with Crippen molar-refractivity contribution in [2.75, 3.05) is 20.2 Å². The van der Waals surface area contributed by atoms with E-state index in [-0.39, 0.29) is 17.7 Å². The predicted molar refractivity (Wildman–Crippen MR) is 114 cm³/mol. The Kier molecular flexibility index (Phi) is 5.59. The molecule has 1 aromatic heterocycles. The van der Waals surface area contributed by atoms with E-state index in [0.717, 1.165) is 24.9 Å². The molecule has 1 atom stereocenters. The van der Waals surface area contributed by atoms with E-state index in [4.69, 9.17) is 4.42 Å². The third kappa shape index (κ3) is 3.83. The number of methoxy groups -OCH3 is 1. The van der Waals surface area contributed by atoms with Crippen molar-refractivity contribution in [3.05, 3.63) is 75.1 Å². The SMILES string of the molecule is COC(=O)Cc1c(C)c2ccc(O)c(CN3CCC(c4ccccc4)C3)c2oc1=O. The summed E-state index contributed by atoms with van der Waals surface area (Å²) in [6.45, 7) is 4.06. The Morgan fingerprint density at radius 2 is 1.97 bits per heavy atom. The van der Waals surface area contributed by atoms with Crippen LogP contribution in [0, 0.1) is 6.92 Å². The molecule has 0 amide bonds. The van der Waals surface area contributed by atoms with Crippen LogP contribution in [0.3, 0.4) is 0 Å². The molecule has 3 aromatic rings. The third-order valence-electron chi connectivity index (χ3n) is 6.01. The Hall–Kier alpha value is -3.12. The molecule has 6 nitrogen and oxygen atoms in total. The van der Waals surface area contributed by atoms with Crippen LogP contribution >= 0.6 is 0 Å². The van der Waals surface area contributed by atoms with Gasteiger partial charge in [0.2, 0.25) is 0 Å². The lowest BCUT2D eigenvalue weighted by Gasteiger charge is -2.18. The summed E-state index contributed by atoms with van der Waals surface area (Å²) >= 11 is 0. The lowest BCUT2D eigenvalue weighted by Crippen LogP contribution is -2.21. The van der Waals surface area contributed by atoms with Crippen molar-refractivity contribution >= 4 is 16.9 Å². The number of likely N-dealkylation sites (tertiary alicyclic amines) is 1. The van der Waals surface area contributed by atoms with Crippen molar-refractivity contribution in [1.29, 1.82) is 0 Å². The smallest absolute Gasteiger partial charge is 0.340 e. The topological polar surface area (TPSA) is 80.0 Å². The third-order valence-corrected chi connectivity index (χ3v) is 6.01. The summed E-state index contributed by atoms with van der Waals surface area (Å²) in [5.74, 6) is 0.0606. The van der Waals surface area contributed by atoms with Gasteiger partial charge in [-0.1, -0.05) is 30.3 Å². The first-order valence-corrected chi connectivity index (χ1v) is 10.1. The quantitative estimate of drug-likeness (QED) is 0.515. The lowest BCUT2D eigenvalue weighted by molar-refractivity contribution is -0.139. The highest BCUT2D eigenvalue weighted by Crippen LogP contribution is 2.33. The Bertz CT molecular complexity index is 1140. The van der Waals surface area contributed by atoms with Gasteiger partial charge in [-0.05, 0) is 49.1 Å². The Morgan fingerprint density at radius 3 is 2.70 bits per heavy atom. The summed E-state index contributed by atoms with van der Waals surface area (Å²) in [5.41, 5.74) is 2.70. The highest BCUT2D eigenvalue weighted by atomic mass is 16.5. The van der Waals surface area contributed by atoms with E-state index in [9.17, 15) is 14.7 Å². The second kappa shape index (κ2) is 8.32. The van der Waals surface area contributed by atoms with Crippen LogP contribution < -0.4 is 5.63 Å². The maximum Gasteiger partial charge on any atom is 0.340 e. The van der Waals surface area contributed by atoms with Gasteiger partial charge in [-0.2, -0.15) is 0 Å². The number of fused-ring (bicyclic) bond motifs is 1. The fourth-order valence-corrected chi connectivity index (χ4v) is 4.27. The van der Waals surface area contributed by atoms with Crippen LogP contribution in [0.4, 0.5) is 0 Å². The molecule has 0 spiro atoms. The van der Waals surface area contributed by atoms with Gasteiger partial charge >= 0.3 is 11.6 Å². The van der Waals surface area contributed by atoms with Crippen LogP contribution in [0.15, 0.2) is 51.7 Å². The molecule has 30 heavy (non-hydrogen) atoms. The summed E-state index contributed by atoms with van der Waals surface area (Å²) in [5, 5.41) is 11.2. The Morgan fingerprint density at radius 1 is 1.20 bits per heavy atom. The molecule has 0 aliphatic carbocycles. The highest BCUT2D eigenvalue weighted by molar-refractivity contribution is 5.87. The molecule has 6 heteroatoms. The predicted octanol–water partition coefficient (Wildman–Crippen LogP) is 3.51. The number of nitrogens with zero attached hydrogens (tertiary/aromatic N) is 1. The van der Waals surface area contributed by atoms with Gasteiger partial charge in [0.15, 0.2) is 0 Å². The number of aromatic hydroxyl groups is 1. The fraction of sp³-hybridized carbons (Fsp3) is 0.333. The van der Waals surface area contributed by atoms with E-state index in [1.54, 1.807) is 19.1 Å². The van der Waals surface area contributed by atoms with Gasteiger partial charge in [-0.25, -0.2) is 4.79 Å². The maximum atomic E-state index is 12.6. The van der Waals surface area contributed by atoms with Crippen LogP contribution in [0.5, 0.6) is 5.75 Å². The zero-order chi connectivity index (χ0) is 21.3. The number of carbonyl (C=O) groups is 1. The average molecular weight is 407 g/mol. The molecule has 0 radical (unpaired) electrons. The molecule has 2 aromatic carbocycles. The lowest BCUT2D eigenvalue weighted by atomic mass is 9.99. The first-order valence-electron chi connectivity index (χ1n) is 10.1. The molecule has 1 unspecified atom stereocenters. The summed E-state index contributed by atoms with van der Waals surface area (Å²) in [6.07, 6.45) is 0.906. The number of esters is 1. The molecule has 2 heterocycles. The number of phenolic OH excluding ortho intramolecular Hbond substituents is 1. The number of ether oxygens (including phenoxy) is 1. The molecule has 1 N–H and O–H groups in total. The molecular weight excluding hydrogens is 382 g/mol. The van der Waals surface area contributed by atoms with Crippen molar-refractivity contribution in [2.45, 2.75) is 32.2 Å². The number of hydrogen-bond donors (Lipinski definition) is 1. The Balaban J connectivity index is 1.65. The van der Waals surface area contributed by atoms with Gasteiger partial charge in [0.1, 0.15) is 11.3 Å². The van der Waals surface area contributed by atoms with E-state index in [0.29, 0.717) is 29.2 Å². The zero-order valence-corrected chi connectivity index (χ0v) is 17.2. The number of hydrogen-bond acceptors (Lipinski definition) is 6. The van der Waals surface area contributed by atoms with Crippen molar-refractivity contribution in [3.63, 3.8) is 0 Å². The number of phenols is 1. The minimum atomic E-state index is -0.569. The van der Waals surface area contributed by atoms with Crippen LogP contribution in [-0.2, 0) is 22.5 Å². The molecule has 4 rings (SSSR count). The molecule has 1 aliphatic rings. The van der Waals surface area contributed by atoms with Crippen molar-refractivity contribution in [2.24, 2.45) is 0 Å². The largest absolute Gasteiger partial charge is 0.507 e. The molecule has 1 fully saturated rings. The van der Waals surface area contributed by atoms with Crippen LogP contribution in [0.25, 0.3) is 11.0 Å². The van der Waals surface area contributed by atoms with E-state index in [1.165, 1.54) is 12.7 Å². The second-order valence-corrected chi connectivity index (χ2v) is 7.82. The van der Waals surface area contributed by atoms with Gasteiger partial charge in [0.05, 0.1) is 24.7 Å². The van der Waals surface area contributed by atoms with Gasteiger partial charge < -0.3 is 14.3 Å². The minimum Gasteiger partial charge on any atom is -0.507 e. The van der Waals surface area contributed by atoms with Crippen molar-refractivity contribution < 1.29 is 19.1 Å². The van der Waals surface area contributed by atoms with Gasteiger partial charge in [-0.3, -0.25) is 9.69 Å². The van der Waals surface area contributed by atoms with E-state index in [2.05, 4.69) is 33.9 Å². The summed E-state index contributed by atoms with van der Waals surface area (Å²) in [6, 6.07) is 13.8. The summed E-state index contributed by atoms with van der Waals surface area (Å²) < 4.78 is 10.3. The second-order valence-electron chi connectivity index (χ2n) is 7.82. The van der Waals surface area contributed by atoms with Crippen LogP contribution in [-0.4, -0.2) is 36.2 Å². The van der Waals surface area contributed by atoms with Crippen molar-refractivity contribution in [1.82, 2.24) is 4.90 Å². The zero-order valence-electron chi connectivity index (χ0n) is 17.2. The average Bonchev–Trinajstić information content (AvgIpc) is 3.22. The van der Waals surface area contributed by atoms with Crippen molar-refractivity contribution in [3.8, 4) is 5.75 Å². The van der Waals surface area contributed by atoms with E-state index in [1.807, 2.05) is 6.07 Å². The van der Waals surface area contributed by atoms with Crippen LogP contribution in [0.1, 0.15) is 34.6 Å². The monoisotopic (exact) mass is 407 g/mol. The number of benzene rings is 2. The maximum absolute atomic E-state index is 12.6. The van der Waals surface area contributed by atoms with Gasteiger partial charge in [0, 0.05) is 18.5 Å². The van der Waals surface area contributed by atoms with Crippen LogP contribution in [0.2, 0.25) is 0 Å². The molecule has 156 valence electrons. The summed E-state index contributed by atoms with van der Waals surface area (Å²) in [7, 11) is 1.29. The standard InChI is InChI=1S/C24H25NO5/c1-15-18-8-9-21(26)20(23(18)30-24(28)19(15)12-22(27)29-2)14-25-11-10-17(13-25)16-6-4-3-5-7-16/h3-9,17,26H,10-14H2,1-2H3. The van der Waals surface area contributed by atoms with E-state index < -0.39 is 11.6 Å². The molecule has 1 saturated heterocycles. The first-order chi connectivity index (χ1) is 14.5. The fourth-order valence-electron chi connectivity index (χ4n) is 4.27.